The highest BCUT2D eigenvalue weighted by molar-refractivity contribution is 7.99. The first-order chi connectivity index (χ1) is 9.61. The number of alkyl halides is 2. The largest absolute Gasteiger partial charge is 0.586 e. The first-order valence-electron chi connectivity index (χ1n) is 5.93. The third-order valence-corrected chi connectivity index (χ3v) is 4.19. The summed E-state index contributed by atoms with van der Waals surface area (Å²) in [5.41, 5.74) is 0.488. The van der Waals surface area contributed by atoms with Crippen molar-refractivity contribution < 1.29 is 23.0 Å². The van der Waals surface area contributed by atoms with Gasteiger partial charge in [-0.25, -0.2) is 0 Å². The van der Waals surface area contributed by atoms with Crippen LogP contribution in [0.4, 0.5) is 8.78 Å². The highest BCUT2D eigenvalue weighted by Gasteiger charge is 2.43. The molecule has 2 aromatic carbocycles. The fourth-order valence-electron chi connectivity index (χ4n) is 2.15. The number of thioether (sulfide) groups is 1. The highest BCUT2D eigenvalue weighted by Crippen LogP contribution is 2.50. The zero-order valence-corrected chi connectivity index (χ0v) is 10.8. The molecule has 2 aliphatic rings. The SMILES string of the molecule is FC1(F)Oc2ccc(C3Oc4ccccc4S3)cc2O1. The molecule has 0 saturated heterocycles. The topological polar surface area (TPSA) is 27.7 Å². The molecule has 2 aromatic rings. The van der Waals surface area contributed by atoms with Crippen molar-refractivity contribution in [1.29, 1.82) is 0 Å². The Morgan fingerprint density at radius 1 is 0.950 bits per heavy atom. The van der Waals surface area contributed by atoms with Crippen LogP contribution in [-0.4, -0.2) is 6.29 Å². The summed E-state index contributed by atoms with van der Waals surface area (Å²) in [4.78, 5) is 1.03. The van der Waals surface area contributed by atoms with Crippen molar-refractivity contribution in [2.45, 2.75) is 16.6 Å². The molecule has 2 aliphatic heterocycles. The second kappa shape index (κ2) is 4.02. The molecule has 0 saturated carbocycles. The van der Waals surface area contributed by atoms with E-state index in [1.807, 2.05) is 24.3 Å². The molecule has 0 aliphatic carbocycles. The lowest BCUT2D eigenvalue weighted by molar-refractivity contribution is -0.286. The molecule has 3 nitrogen and oxygen atoms in total. The number of hydrogen-bond acceptors (Lipinski definition) is 4. The van der Waals surface area contributed by atoms with Gasteiger partial charge in [0.05, 0.1) is 4.90 Å². The Morgan fingerprint density at radius 3 is 2.60 bits per heavy atom. The van der Waals surface area contributed by atoms with Gasteiger partial charge >= 0.3 is 6.29 Å². The standard InChI is InChI=1S/C14H8F2O3S/c15-14(16)18-9-6-5-8(7-11(9)19-14)13-17-10-3-1-2-4-12(10)20-13/h1-7,13H. The molecule has 0 aromatic heterocycles. The van der Waals surface area contributed by atoms with E-state index in [1.54, 1.807) is 6.07 Å². The average molecular weight is 294 g/mol. The molecule has 1 atom stereocenters. The Kier molecular flexibility index (Phi) is 2.38. The van der Waals surface area contributed by atoms with Crippen molar-refractivity contribution in [3.8, 4) is 17.2 Å². The third kappa shape index (κ3) is 1.87. The maximum absolute atomic E-state index is 13.0. The Balaban J connectivity index is 1.63. The lowest BCUT2D eigenvalue weighted by Crippen LogP contribution is -2.25. The van der Waals surface area contributed by atoms with Gasteiger partial charge in [0.2, 0.25) is 0 Å². The normalized spacial score (nSPS) is 21.4. The van der Waals surface area contributed by atoms with Gasteiger partial charge in [-0.05, 0) is 24.3 Å². The van der Waals surface area contributed by atoms with E-state index in [4.69, 9.17) is 4.74 Å². The van der Waals surface area contributed by atoms with Crippen molar-refractivity contribution in [1.82, 2.24) is 0 Å². The van der Waals surface area contributed by atoms with Gasteiger partial charge in [-0.2, -0.15) is 0 Å². The molecule has 0 spiro atoms. The second-order valence-corrected chi connectivity index (χ2v) is 5.49. The minimum absolute atomic E-state index is 0.0349. The van der Waals surface area contributed by atoms with Crippen LogP contribution in [0.3, 0.4) is 0 Å². The van der Waals surface area contributed by atoms with Gasteiger partial charge < -0.3 is 14.2 Å². The minimum Gasteiger partial charge on any atom is -0.473 e. The van der Waals surface area contributed by atoms with E-state index in [2.05, 4.69) is 9.47 Å². The molecule has 6 heteroatoms. The fourth-order valence-corrected chi connectivity index (χ4v) is 3.20. The first kappa shape index (κ1) is 11.8. The van der Waals surface area contributed by atoms with Gasteiger partial charge in [0.15, 0.2) is 16.9 Å². The summed E-state index contributed by atoms with van der Waals surface area (Å²) in [5.74, 6) is 0.873. The lowest BCUT2D eigenvalue weighted by Gasteiger charge is -2.10. The average Bonchev–Trinajstić information content (AvgIpc) is 2.96. The Morgan fingerprint density at radius 2 is 1.75 bits per heavy atom. The van der Waals surface area contributed by atoms with Gasteiger partial charge in [0.25, 0.3) is 0 Å². The maximum Gasteiger partial charge on any atom is 0.586 e. The molecule has 0 bridgehead atoms. The molecular formula is C14H8F2O3S. The summed E-state index contributed by atoms with van der Waals surface area (Å²) >= 11 is 1.53. The van der Waals surface area contributed by atoms with Crippen molar-refractivity contribution in [2.75, 3.05) is 0 Å². The number of benzene rings is 2. The molecule has 102 valence electrons. The predicted molar refractivity (Wildman–Crippen MR) is 68.3 cm³/mol. The van der Waals surface area contributed by atoms with E-state index in [0.717, 1.165) is 16.2 Å². The number of halogens is 2. The van der Waals surface area contributed by atoms with Crippen LogP contribution in [0.5, 0.6) is 17.2 Å². The first-order valence-corrected chi connectivity index (χ1v) is 6.81. The van der Waals surface area contributed by atoms with Crippen molar-refractivity contribution in [2.24, 2.45) is 0 Å². The second-order valence-electron chi connectivity index (χ2n) is 4.39. The molecule has 4 rings (SSSR count). The zero-order valence-electron chi connectivity index (χ0n) is 10.0. The van der Waals surface area contributed by atoms with Gasteiger partial charge in [-0.15, -0.1) is 8.78 Å². The molecule has 0 radical (unpaired) electrons. The summed E-state index contributed by atoms with van der Waals surface area (Å²) in [6.45, 7) is 0. The number of ether oxygens (including phenoxy) is 3. The molecule has 2 heterocycles. The van der Waals surface area contributed by atoms with Crippen LogP contribution in [0.15, 0.2) is 47.4 Å². The molecule has 20 heavy (non-hydrogen) atoms. The summed E-state index contributed by atoms with van der Waals surface area (Å²) in [7, 11) is 0. The molecular weight excluding hydrogens is 286 g/mol. The van der Waals surface area contributed by atoms with E-state index in [1.165, 1.54) is 23.9 Å². The Labute approximate surface area is 117 Å². The number of para-hydroxylation sites is 1. The van der Waals surface area contributed by atoms with Gasteiger partial charge in [0.1, 0.15) is 5.75 Å². The highest BCUT2D eigenvalue weighted by atomic mass is 32.2. The number of fused-ring (bicyclic) bond motifs is 2. The zero-order chi connectivity index (χ0) is 13.7. The summed E-state index contributed by atoms with van der Waals surface area (Å²) < 4.78 is 40.6. The van der Waals surface area contributed by atoms with E-state index < -0.39 is 6.29 Å². The van der Waals surface area contributed by atoms with Gasteiger partial charge in [-0.1, -0.05) is 30.0 Å². The van der Waals surface area contributed by atoms with Crippen LogP contribution in [0.25, 0.3) is 0 Å². The van der Waals surface area contributed by atoms with Crippen LogP contribution in [0.2, 0.25) is 0 Å². The van der Waals surface area contributed by atoms with Crippen molar-refractivity contribution in [3.05, 3.63) is 48.0 Å². The van der Waals surface area contributed by atoms with E-state index >= 15 is 0 Å². The number of hydrogen-bond donors (Lipinski definition) is 0. The Hall–Kier alpha value is -1.95. The molecule has 1 unspecified atom stereocenters. The smallest absolute Gasteiger partial charge is 0.473 e. The van der Waals surface area contributed by atoms with Crippen LogP contribution in [-0.2, 0) is 0 Å². The number of rotatable bonds is 1. The van der Waals surface area contributed by atoms with Gasteiger partial charge in [-0.3, -0.25) is 0 Å². The monoisotopic (exact) mass is 294 g/mol. The van der Waals surface area contributed by atoms with E-state index in [9.17, 15) is 8.78 Å². The van der Waals surface area contributed by atoms with Crippen molar-refractivity contribution >= 4 is 11.8 Å². The maximum atomic E-state index is 13.0. The summed E-state index contributed by atoms with van der Waals surface area (Å²) in [6, 6.07) is 12.4. The fraction of sp³-hybridized carbons (Fsp3) is 0.143. The summed E-state index contributed by atoms with van der Waals surface area (Å²) in [6.07, 6.45) is -3.59. The molecule has 0 fully saturated rings. The van der Waals surface area contributed by atoms with Crippen LogP contribution in [0, 0.1) is 0 Å². The molecule has 0 N–H and O–H groups in total. The van der Waals surface area contributed by atoms with E-state index in [0.29, 0.717) is 0 Å². The van der Waals surface area contributed by atoms with Crippen LogP contribution >= 0.6 is 11.8 Å². The Bertz CT molecular complexity index is 665. The lowest BCUT2D eigenvalue weighted by atomic mass is 10.2. The van der Waals surface area contributed by atoms with Crippen LogP contribution < -0.4 is 14.2 Å². The minimum atomic E-state index is -3.59. The quantitative estimate of drug-likeness (QED) is 0.788. The molecule has 0 amide bonds. The van der Waals surface area contributed by atoms with E-state index in [-0.39, 0.29) is 16.9 Å². The predicted octanol–water partition coefficient (Wildman–Crippen LogP) is 4.19. The third-order valence-electron chi connectivity index (χ3n) is 3.01. The van der Waals surface area contributed by atoms with Crippen LogP contribution in [0.1, 0.15) is 11.0 Å². The summed E-state index contributed by atoms with van der Waals surface area (Å²) in [5, 5.41) is 0. The van der Waals surface area contributed by atoms with Gasteiger partial charge in [0, 0.05) is 5.56 Å². The van der Waals surface area contributed by atoms with Crippen molar-refractivity contribution in [3.63, 3.8) is 0 Å².